The molecule has 2 nitrogen and oxygen atoms in total. The monoisotopic (exact) mass is 318 g/mol. The zero-order valence-corrected chi connectivity index (χ0v) is 15.3. The maximum atomic E-state index is 12.3. The Balaban J connectivity index is 1.98. The molecule has 4 aliphatic carbocycles. The van der Waals surface area contributed by atoms with E-state index >= 15 is 0 Å². The molecule has 0 N–H and O–H groups in total. The second-order valence-corrected chi connectivity index (χ2v) is 8.91. The molecule has 0 aromatic rings. The van der Waals surface area contributed by atoms with Gasteiger partial charge in [-0.1, -0.05) is 40.2 Å². The summed E-state index contributed by atoms with van der Waals surface area (Å²) in [5, 5.41) is 0. The minimum Gasteiger partial charge on any atom is -0.455 e. The normalized spacial score (nSPS) is 41.3. The van der Waals surface area contributed by atoms with Gasteiger partial charge in [-0.25, -0.2) is 4.79 Å². The van der Waals surface area contributed by atoms with E-state index in [0.717, 1.165) is 5.92 Å². The van der Waals surface area contributed by atoms with E-state index in [2.05, 4.69) is 27.4 Å². The molecule has 4 fully saturated rings. The molecule has 130 valence electrons. The highest BCUT2D eigenvalue weighted by molar-refractivity contribution is 5.81. The van der Waals surface area contributed by atoms with Crippen molar-refractivity contribution in [1.29, 1.82) is 0 Å². The van der Waals surface area contributed by atoms with Gasteiger partial charge in [-0.05, 0) is 62.2 Å². The lowest BCUT2D eigenvalue weighted by Crippen LogP contribution is -2.65. The minimum absolute atomic E-state index is 0.195. The van der Waals surface area contributed by atoms with Crippen molar-refractivity contribution in [2.75, 3.05) is 0 Å². The molecule has 0 amide bonds. The SMILES string of the molecule is C=CC(=O)OC1(C(CCC)CCC)C2CC3CC1CC(C)(C3)C2. The minimum atomic E-state index is -0.201. The van der Waals surface area contributed by atoms with E-state index in [1.54, 1.807) is 0 Å². The van der Waals surface area contributed by atoms with Gasteiger partial charge < -0.3 is 4.74 Å². The first-order chi connectivity index (χ1) is 11.0. The maximum absolute atomic E-state index is 12.3. The van der Waals surface area contributed by atoms with Crippen LogP contribution in [-0.2, 0) is 9.53 Å². The number of hydrogen-bond acceptors (Lipinski definition) is 2. The molecule has 2 unspecified atom stereocenters. The van der Waals surface area contributed by atoms with Gasteiger partial charge in [0.15, 0.2) is 0 Å². The Hall–Kier alpha value is -0.790. The molecule has 4 aliphatic rings. The second kappa shape index (κ2) is 6.26. The van der Waals surface area contributed by atoms with Crippen LogP contribution in [0.2, 0.25) is 0 Å². The van der Waals surface area contributed by atoms with Crippen LogP contribution in [0.1, 0.15) is 78.6 Å². The lowest BCUT2D eigenvalue weighted by Gasteiger charge is -2.65. The summed E-state index contributed by atoms with van der Waals surface area (Å²) in [6.07, 6.45) is 12.6. The molecular weight excluding hydrogens is 284 g/mol. The molecule has 0 aromatic carbocycles. The molecule has 0 heterocycles. The molecule has 0 aliphatic heterocycles. The maximum Gasteiger partial charge on any atom is 0.330 e. The Labute approximate surface area is 142 Å². The molecule has 2 atom stereocenters. The van der Waals surface area contributed by atoms with Gasteiger partial charge in [0.2, 0.25) is 0 Å². The van der Waals surface area contributed by atoms with E-state index < -0.39 is 0 Å². The van der Waals surface area contributed by atoms with Gasteiger partial charge in [-0.15, -0.1) is 0 Å². The summed E-state index contributed by atoms with van der Waals surface area (Å²) in [7, 11) is 0. The van der Waals surface area contributed by atoms with Crippen LogP contribution in [0.3, 0.4) is 0 Å². The van der Waals surface area contributed by atoms with Gasteiger partial charge in [-0.3, -0.25) is 0 Å². The lowest BCUT2D eigenvalue weighted by molar-refractivity contribution is -0.241. The summed E-state index contributed by atoms with van der Waals surface area (Å²) in [5.74, 6) is 2.35. The average Bonchev–Trinajstić information content (AvgIpc) is 2.49. The highest BCUT2D eigenvalue weighted by Crippen LogP contribution is 2.67. The smallest absolute Gasteiger partial charge is 0.330 e. The third kappa shape index (κ3) is 2.76. The van der Waals surface area contributed by atoms with Gasteiger partial charge in [-0.2, -0.15) is 0 Å². The molecule has 4 bridgehead atoms. The third-order valence-corrected chi connectivity index (χ3v) is 7.13. The lowest BCUT2D eigenvalue weighted by atomic mass is 9.42. The van der Waals surface area contributed by atoms with E-state index in [0.29, 0.717) is 23.2 Å². The fourth-order valence-corrected chi connectivity index (χ4v) is 6.82. The number of hydrogen-bond donors (Lipinski definition) is 0. The summed E-state index contributed by atoms with van der Waals surface area (Å²) >= 11 is 0. The van der Waals surface area contributed by atoms with Crippen molar-refractivity contribution in [3.05, 3.63) is 12.7 Å². The van der Waals surface area contributed by atoms with E-state index in [9.17, 15) is 4.79 Å². The topological polar surface area (TPSA) is 26.3 Å². The molecule has 0 aromatic heterocycles. The molecular formula is C21H34O2. The van der Waals surface area contributed by atoms with Crippen LogP contribution in [0, 0.1) is 29.1 Å². The molecule has 4 saturated carbocycles. The van der Waals surface area contributed by atoms with E-state index in [4.69, 9.17) is 4.74 Å². The van der Waals surface area contributed by atoms with Gasteiger partial charge in [0.1, 0.15) is 5.60 Å². The van der Waals surface area contributed by atoms with Crippen LogP contribution < -0.4 is 0 Å². The summed E-state index contributed by atoms with van der Waals surface area (Å²) in [6, 6.07) is 0. The van der Waals surface area contributed by atoms with Crippen LogP contribution >= 0.6 is 0 Å². The van der Waals surface area contributed by atoms with Gasteiger partial charge in [0.25, 0.3) is 0 Å². The van der Waals surface area contributed by atoms with Crippen molar-refractivity contribution in [3.63, 3.8) is 0 Å². The quantitative estimate of drug-likeness (QED) is 0.456. The summed E-state index contributed by atoms with van der Waals surface area (Å²) in [4.78, 5) is 12.3. The first-order valence-electron chi connectivity index (χ1n) is 9.82. The molecule has 2 heteroatoms. The predicted molar refractivity (Wildman–Crippen MR) is 94.0 cm³/mol. The highest BCUT2D eigenvalue weighted by atomic mass is 16.6. The molecule has 4 rings (SSSR count). The van der Waals surface area contributed by atoms with Crippen LogP contribution in [0.25, 0.3) is 0 Å². The van der Waals surface area contributed by atoms with Crippen LogP contribution in [-0.4, -0.2) is 11.6 Å². The predicted octanol–water partition coefficient (Wildman–Crippen LogP) is 5.52. The molecule has 0 radical (unpaired) electrons. The average molecular weight is 319 g/mol. The van der Waals surface area contributed by atoms with Gasteiger partial charge in [0, 0.05) is 17.9 Å². The van der Waals surface area contributed by atoms with Gasteiger partial charge in [0.05, 0.1) is 0 Å². The summed E-state index contributed by atoms with van der Waals surface area (Å²) < 4.78 is 6.32. The van der Waals surface area contributed by atoms with Crippen LogP contribution in [0.15, 0.2) is 12.7 Å². The van der Waals surface area contributed by atoms with Crippen molar-refractivity contribution in [2.45, 2.75) is 84.2 Å². The van der Waals surface area contributed by atoms with E-state index in [-0.39, 0.29) is 11.6 Å². The van der Waals surface area contributed by atoms with Crippen molar-refractivity contribution < 1.29 is 9.53 Å². The largest absolute Gasteiger partial charge is 0.455 e. The Morgan fingerprint density at radius 2 is 1.74 bits per heavy atom. The number of esters is 1. The Kier molecular flexibility index (Phi) is 4.64. The van der Waals surface area contributed by atoms with Gasteiger partial charge >= 0.3 is 5.97 Å². The van der Waals surface area contributed by atoms with Crippen molar-refractivity contribution >= 4 is 5.97 Å². The fraction of sp³-hybridized carbons (Fsp3) is 0.857. The molecule has 0 spiro atoms. The van der Waals surface area contributed by atoms with E-state index in [1.807, 2.05) is 0 Å². The Bertz CT molecular complexity index is 439. The number of carbonyl (C=O) groups excluding carboxylic acids is 1. The standard InChI is InChI=1S/C21H34O2/c1-5-8-16(9-6-2)21(23-19(22)7-3)17-10-15-11-18(21)14-20(4,12-15)13-17/h7,15-18H,3,5-6,8-14H2,1-2,4H3. The molecule has 23 heavy (non-hydrogen) atoms. The van der Waals surface area contributed by atoms with Crippen molar-refractivity contribution in [1.82, 2.24) is 0 Å². The fourth-order valence-electron chi connectivity index (χ4n) is 6.82. The van der Waals surface area contributed by atoms with Crippen LogP contribution in [0.4, 0.5) is 0 Å². The summed E-state index contributed by atoms with van der Waals surface area (Å²) in [5.41, 5.74) is 0.303. The zero-order chi connectivity index (χ0) is 16.7. The Morgan fingerprint density at radius 3 is 2.17 bits per heavy atom. The highest BCUT2D eigenvalue weighted by Gasteiger charge is 2.64. The number of carbonyl (C=O) groups is 1. The number of rotatable bonds is 7. The first-order valence-corrected chi connectivity index (χ1v) is 9.82. The number of ether oxygens (including phenoxy) is 1. The van der Waals surface area contributed by atoms with Crippen molar-refractivity contribution in [2.24, 2.45) is 29.1 Å². The van der Waals surface area contributed by atoms with E-state index in [1.165, 1.54) is 63.9 Å². The zero-order valence-electron chi connectivity index (χ0n) is 15.3. The first kappa shape index (κ1) is 17.0. The Morgan fingerprint density at radius 1 is 1.17 bits per heavy atom. The second-order valence-electron chi connectivity index (χ2n) is 8.91. The van der Waals surface area contributed by atoms with Crippen LogP contribution in [0.5, 0.6) is 0 Å². The molecule has 0 saturated heterocycles. The van der Waals surface area contributed by atoms with Crippen molar-refractivity contribution in [3.8, 4) is 0 Å². The third-order valence-electron chi connectivity index (χ3n) is 7.13. The summed E-state index contributed by atoms with van der Waals surface area (Å²) in [6.45, 7) is 10.7.